The second-order valence-corrected chi connectivity index (χ2v) is 7.77. The molecule has 4 aromatic carbocycles. The second kappa shape index (κ2) is 6.64. The Hall–Kier alpha value is -3.78. The minimum atomic E-state index is -0.945. The van der Waals surface area contributed by atoms with E-state index >= 15 is 0 Å². The van der Waals surface area contributed by atoms with Crippen LogP contribution in [0.25, 0.3) is 22.9 Å². The van der Waals surface area contributed by atoms with Crippen molar-refractivity contribution in [2.45, 2.75) is 12.2 Å². The first-order chi connectivity index (χ1) is 14.8. The highest BCUT2D eigenvalue weighted by Gasteiger charge is 2.42. The van der Waals surface area contributed by atoms with Gasteiger partial charge in [-0.1, -0.05) is 78.9 Å². The highest BCUT2D eigenvalue weighted by Crippen LogP contribution is 2.44. The molecule has 0 N–H and O–H groups in total. The average Bonchev–Trinajstić information content (AvgIpc) is 2.80. The summed E-state index contributed by atoms with van der Waals surface area (Å²) in [7, 11) is 0. The molecular weight excluding hydrogens is 368 g/mol. The molecule has 1 spiro atoms. The predicted octanol–water partition coefficient (Wildman–Crippen LogP) is 6.66. The van der Waals surface area contributed by atoms with Crippen molar-refractivity contribution >= 4 is 22.9 Å². The minimum Gasteiger partial charge on any atom is -0.444 e. The maximum Gasteiger partial charge on any atom is 0.295 e. The summed E-state index contributed by atoms with van der Waals surface area (Å²) in [6, 6.07) is 31.1. The smallest absolute Gasteiger partial charge is 0.295 e. The van der Waals surface area contributed by atoms with Crippen molar-refractivity contribution in [2.24, 2.45) is 0 Å². The van der Waals surface area contributed by atoms with Crippen molar-refractivity contribution in [1.29, 1.82) is 0 Å². The topological polar surface area (TPSA) is 18.5 Å². The van der Waals surface area contributed by atoms with E-state index in [0.29, 0.717) is 0 Å². The molecule has 1 unspecified atom stereocenters. The molecule has 0 bridgehead atoms. The van der Waals surface area contributed by atoms with Gasteiger partial charge in [0.2, 0.25) is 0 Å². The van der Waals surface area contributed by atoms with Crippen LogP contribution in [0.3, 0.4) is 0 Å². The molecule has 30 heavy (non-hydrogen) atoms. The fourth-order valence-electron chi connectivity index (χ4n) is 4.35. The van der Waals surface area contributed by atoms with Crippen LogP contribution in [-0.4, -0.2) is 5.79 Å². The number of para-hydroxylation sites is 1. The molecule has 0 saturated carbocycles. The third-order valence-electron chi connectivity index (χ3n) is 5.86. The van der Waals surface area contributed by atoms with Crippen LogP contribution in [0, 0.1) is 0 Å². The Morgan fingerprint density at radius 2 is 1.43 bits per heavy atom. The number of ether oxygens (including phenoxy) is 2. The Kier molecular flexibility index (Phi) is 3.78. The van der Waals surface area contributed by atoms with Crippen molar-refractivity contribution in [1.82, 2.24) is 0 Å². The van der Waals surface area contributed by atoms with Gasteiger partial charge in [-0.05, 0) is 40.6 Å². The Balaban J connectivity index is 1.49. The van der Waals surface area contributed by atoms with Gasteiger partial charge < -0.3 is 9.47 Å². The molecule has 2 heterocycles. The first-order valence-electron chi connectivity index (χ1n) is 10.2. The fourth-order valence-corrected chi connectivity index (χ4v) is 4.35. The lowest BCUT2D eigenvalue weighted by molar-refractivity contribution is -0.0427. The van der Waals surface area contributed by atoms with E-state index in [1.165, 1.54) is 16.3 Å². The van der Waals surface area contributed by atoms with Crippen LogP contribution in [0.1, 0.15) is 16.7 Å². The molecule has 0 aromatic heterocycles. The second-order valence-electron chi connectivity index (χ2n) is 7.77. The number of hydrogen-bond donors (Lipinski definition) is 0. The van der Waals surface area contributed by atoms with Crippen molar-refractivity contribution in [3.63, 3.8) is 0 Å². The van der Waals surface area contributed by atoms with Gasteiger partial charge in [0.05, 0.1) is 0 Å². The Morgan fingerprint density at radius 3 is 2.37 bits per heavy atom. The SMILES string of the molecule is C1=CC2(Oc3ccccc3C=C2Cc2ccccc2)Oc2ccc3ccccc3c21. The number of rotatable bonds is 2. The van der Waals surface area contributed by atoms with E-state index in [9.17, 15) is 0 Å². The van der Waals surface area contributed by atoms with Crippen LogP contribution in [-0.2, 0) is 6.42 Å². The molecule has 0 fully saturated rings. The van der Waals surface area contributed by atoms with Gasteiger partial charge in [-0.3, -0.25) is 0 Å². The van der Waals surface area contributed by atoms with Gasteiger partial charge in [0, 0.05) is 29.2 Å². The lowest BCUT2D eigenvalue weighted by Gasteiger charge is -2.40. The Bertz CT molecular complexity index is 1320. The maximum absolute atomic E-state index is 6.63. The zero-order chi connectivity index (χ0) is 20.0. The fraction of sp³-hybridized carbons (Fsp3) is 0.0714. The molecule has 0 radical (unpaired) electrons. The molecule has 0 amide bonds. The largest absolute Gasteiger partial charge is 0.444 e. The Labute approximate surface area is 175 Å². The summed E-state index contributed by atoms with van der Waals surface area (Å²) in [6.07, 6.45) is 7.17. The summed E-state index contributed by atoms with van der Waals surface area (Å²) >= 11 is 0. The number of hydrogen-bond acceptors (Lipinski definition) is 2. The molecule has 2 aliphatic rings. The molecule has 144 valence electrons. The van der Waals surface area contributed by atoms with Crippen LogP contribution < -0.4 is 9.47 Å². The first kappa shape index (κ1) is 17.1. The normalized spacial score (nSPS) is 18.9. The molecule has 0 saturated heterocycles. The van der Waals surface area contributed by atoms with Gasteiger partial charge in [0.1, 0.15) is 11.5 Å². The lowest BCUT2D eigenvalue weighted by Crippen LogP contribution is -2.46. The predicted molar refractivity (Wildman–Crippen MR) is 122 cm³/mol. The summed E-state index contributed by atoms with van der Waals surface area (Å²) in [5.41, 5.74) is 4.49. The van der Waals surface area contributed by atoms with E-state index in [1.54, 1.807) is 0 Å². The van der Waals surface area contributed by atoms with Gasteiger partial charge in [-0.25, -0.2) is 0 Å². The van der Waals surface area contributed by atoms with E-state index in [0.717, 1.165) is 34.6 Å². The van der Waals surface area contributed by atoms with E-state index in [1.807, 2.05) is 30.3 Å². The highest BCUT2D eigenvalue weighted by molar-refractivity contribution is 5.94. The van der Waals surface area contributed by atoms with Crippen molar-refractivity contribution in [3.05, 3.63) is 119 Å². The van der Waals surface area contributed by atoms with Crippen LogP contribution in [0.2, 0.25) is 0 Å². The van der Waals surface area contributed by atoms with Gasteiger partial charge >= 0.3 is 0 Å². The van der Waals surface area contributed by atoms with Gasteiger partial charge in [0.25, 0.3) is 5.79 Å². The molecule has 0 aliphatic carbocycles. The van der Waals surface area contributed by atoms with Crippen LogP contribution >= 0.6 is 0 Å². The quantitative estimate of drug-likeness (QED) is 0.382. The number of benzene rings is 4. The van der Waals surface area contributed by atoms with E-state index in [-0.39, 0.29) is 0 Å². The van der Waals surface area contributed by atoms with Crippen LogP contribution in [0.5, 0.6) is 11.5 Å². The van der Waals surface area contributed by atoms with E-state index < -0.39 is 5.79 Å². The molecule has 6 rings (SSSR count). The standard InChI is InChI=1S/C28H20O2/c1-2-8-20(9-3-1)18-23-19-22-11-5-7-13-26(22)29-28(23)17-16-25-24-12-6-4-10-21(24)14-15-27(25)30-28/h1-17,19H,18H2. The maximum atomic E-state index is 6.63. The molecule has 2 nitrogen and oxygen atoms in total. The summed E-state index contributed by atoms with van der Waals surface area (Å²) in [4.78, 5) is 0. The zero-order valence-corrected chi connectivity index (χ0v) is 16.4. The van der Waals surface area contributed by atoms with Crippen LogP contribution in [0.4, 0.5) is 0 Å². The van der Waals surface area contributed by atoms with E-state index in [4.69, 9.17) is 9.47 Å². The first-order valence-corrected chi connectivity index (χ1v) is 10.2. The molecule has 4 aromatic rings. The third-order valence-corrected chi connectivity index (χ3v) is 5.86. The summed E-state index contributed by atoms with van der Waals surface area (Å²) < 4.78 is 13.2. The molecule has 2 heteroatoms. The summed E-state index contributed by atoms with van der Waals surface area (Å²) in [5.74, 6) is 0.734. The van der Waals surface area contributed by atoms with E-state index in [2.05, 4.69) is 78.9 Å². The Morgan fingerprint density at radius 1 is 0.667 bits per heavy atom. The molecule has 1 atom stereocenters. The lowest BCUT2D eigenvalue weighted by atomic mass is 9.90. The third kappa shape index (κ3) is 2.73. The van der Waals surface area contributed by atoms with Gasteiger partial charge in [0.15, 0.2) is 0 Å². The number of fused-ring (bicyclic) bond motifs is 4. The van der Waals surface area contributed by atoms with Crippen molar-refractivity contribution in [3.8, 4) is 11.5 Å². The zero-order valence-electron chi connectivity index (χ0n) is 16.4. The molecular formula is C28H20O2. The van der Waals surface area contributed by atoms with Crippen molar-refractivity contribution < 1.29 is 9.47 Å². The molecule has 2 aliphatic heterocycles. The summed E-state index contributed by atoms with van der Waals surface area (Å²) in [6.45, 7) is 0. The monoisotopic (exact) mass is 388 g/mol. The van der Waals surface area contributed by atoms with Crippen molar-refractivity contribution in [2.75, 3.05) is 0 Å². The average molecular weight is 388 g/mol. The van der Waals surface area contributed by atoms with Crippen LogP contribution in [0.15, 0.2) is 103 Å². The highest BCUT2D eigenvalue weighted by atomic mass is 16.7. The van der Waals surface area contributed by atoms with Gasteiger partial charge in [-0.15, -0.1) is 0 Å². The minimum absolute atomic E-state index is 0.752. The van der Waals surface area contributed by atoms with Gasteiger partial charge in [-0.2, -0.15) is 0 Å². The summed E-state index contributed by atoms with van der Waals surface area (Å²) in [5, 5.41) is 2.39.